The highest BCUT2D eigenvalue weighted by molar-refractivity contribution is 7.11. The molecule has 1 atom stereocenters. The fourth-order valence-corrected chi connectivity index (χ4v) is 3.06. The highest BCUT2D eigenvalue weighted by atomic mass is 32.1. The summed E-state index contributed by atoms with van der Waals surface area (Å²) in [5.74, 6) is 0.360. The van der Waals surface area contributed by atoms with E-state index in [2.05, 4.69) is 50.0 Å². The van der Waals surface area contributed by atoms with Crippen molar-refractivity contribution in [3.63, 3.8) is 0 Å². The van der Waals surface area contributed by atoms with Gasteiger partial charge in [-0.15, -0.1) is 11.3 Å². The smallest absolute Gasteiger partial charge is 0.0971 e. The van der Waals surface area contributed by atoms with Gasteiger partial charge in [0.25, 0.3) is 0 Å². The minimum Gasteiger partial charge on any atom is -0.330 e. The molecule has 2 N–H and O–H groups in total. The molecule has 0 radical (unpaired) electrons. The van der Waals surface area contributed by atoms with Gasteiger partial charge in [0.05, 0.1) is 10.7 Å². The number of nitrogens with zero attached hydrogens (tertiary/aromatic N) is 1. The van der Waals surface area contributed by atoms with E-state index >= 15 is 0 Å². The van der Waals surface area contributed by atoms with E-state index in [-0.39, 0.29) is 0 Å². The average Bonchev–Trinajstić information content (AvgIpc) is 2.73. The van der Waals surface area contributed by atoms with E-state index in [9.17, 15) is 0 Å². The van der Waals surface area contributed by atoms with Crippen LogP contribution in [0.4, 0.5) is 0 Å². The van der Waals surface area contributed by atoms with Crippen molar-refractivity contribution in [2.45, 2.75) is 33.1 Å². The molecule has 0 saturated carbocycles. The Morgan fingerprint density at radius 1 is 1.28 bits per heavy atom. The SMILES string of the molecule is Cc1ccccc1Cc1sc(C(C)CN)nc1C. The van der Waals surface area contributed by atoms with Crippen LogP contribution in [0.5, 0.6) is 0 Å². The number of hydrogen-bond donors (Lipinski definition) is 1. The molecule has 1 heterocycles. The lowest BCUT2D eigenvalue weighted by Gasteiger charge is -2.04. The van der Waals surface area contributed by atoms with Crippen molar-refractivity contribution in [2.24, 2.45) is 5.73 Å². The molecule has 96 valence electrons. The van der Waals surface area contributed by atoms with Crippen molar-refractivity contribution in [1.82, 2.24) is 4.98 Å². The Kier molecular flexibility index (Phi) is 4.15. The molecule has 0 fully saturated rings. The second kappa shape index (κ2) is 5.63. The fourth-order valence-electron chi connectivity index (χ4n) is 1.91. The maximum atomic E-state index is 5.71. The summed E-state index contributed by atoms with van der Waals surface area (Å²) in [6.07, 6.45) is 0.980. The molecule has 0 aliphatic carbocycles. The van der Waals surface area contributed by atoms with Crippen LogP contribution < -0.4 is 5.73 Å². The molecule has 2 aromatic rings. The third-order valence-corrected chi connectivity index (χ3v) is 4.69. The van der Waals surface area contributed by atoms with Gasteiger partial charge in [-0.1, -0.05) is 31.2 Å². The van der Waals surface area contributed by atoms with Gasteiger partial charge in [-0.25, -0.2) is 4.98 Å². The molecule has 2 nitrogen and oxygen atoms in total. The molecule has 2 rings (SSSR count). The minimum absolute atomic E-state index is 0.360. The number of aryl methyl sites for hydroxylation is 2. The summed E-state index contributed by atoms with van der Waals surface area (Å²) in [6, 6.07) is 8.54. The van der Waals surface area contributed by atoms with Crippen molar-refractivity contribution >= 4 is 11.3 Å². The second-order valence-electron chi connectivity index (χ2n) is 4.80. The Labute approximate surface area is 113 Å². The van der Waals surface area contributed by atoms with Crippen molar-refractivity contribution in [1.29, 1.82) is 0 Å². The van der Waals surface area contributed by atoms with Gasteiger partial charge >= 0.3 is 0 Å². The van der Waals surface area contributed by atoms with Gasteiger partial charge in [-0.3, -0.25) is 0 Å². The van der Waals surface area contributed by atoms with E-state index in [0.29, 0.717) is 12.5 Å². The standard InChI is InChI=1S/C15H20N2S/c1-10-6-4-5-7-13(10)8-14-12(3)17-15(18-14)11(2)9-16/h4-7,11H,8-9,16H2,1-3H3. The molecular formula is C15H20N2S. The van der Waals surface area contributed by atoms with Gasteiger partial charge in [0, 0.05) is 23.8 Å². The second-order valence-corrected chi connectivity index (χ2v) is 5.92. The zero-order valence-electron chi connectivity index (χ0n) is 11.2. The molecule has 1 aromatic carbocycles. The molecule has 1 unspecified atom stereocenters. The van der Waals surface area contributed by atoms with E-state index in [4.69, 9.17) is 5.73 Å². The molecule has 0 bridgehead atoms. The van der Waals surface area contributed by atoms with Crippen molar-refractivity contribution in [2.75, 3.05) is 6.54 Å². The minimum atomic E-state index is 0.360. The summed E-state index contributed by atoms with van der Waals surface area (Å²) in [5, 5.41) is 1.17. The molecule has 0 saturated heterocycles. The van der Waals surface area contributed by atoms with Crippen molar-refractivity contribution in [3.8, 4) is 0 Å². The van der Waals surface area contributed by atoms with E-state index in [1.54, 1.807) is 11.3 Å². The zero-order valence-corrected chi connectivity index (χ0v) is 12.1. The lowest BCUT2D eigenvalue weighted by molar-refractivity contribution is 0.763. The summed E-state index contributed by atoms with van der Waals surface area (Å²) in [4.78, 5) is 6.01. The fraction of sp³-hybridized carbons (Fsp3) is 0.400. The Morgan fingerprint density at radius 3 is 2.67 bits per heavy atom. The van der Waals surface area contributed by atoms with Crippen molar-refractivity contribution in [3.05, 3.63) is 51.0 Å². The number of thiazole rings is 1. The van der Waals surface area contributed by atoms with Crippen LogP contribution >= 0.6 is 11.3 Å². The average molecular weight is 260 g/mol. The van der Waals surface area contributed by atoms with Crippen LogP contribution in [0.25, 0.3) is 0 Å². The van der Waals surface area contributed by atoms with Crippen LogP contribution in [0, 0.1) is 13.8 Å². The third-order valence-electron chi connectivity index (χ3n) is 3.30. The normalized spacial score (nSPS) is 12.7. The Bertz CT molecular complexity index is 531. The summed E-state index contributed by atoms with van der Waals surface area (Å²) in [6.45, 7) is 7.05. The Morgan fingerprint density at radius 2 is 2.00 bits per heavy atom. The number of hydrogen-bond acceptors (Lipinski definition) is 3. The van der Waals surface area contributed by atoms with E-state index in [1.165, 1.54) is 21.0 Å². The third kappa shape index (κ3) is 2.79. The molecule has 1 aromatic heterocycles. The predicted octanol–water partition coefficient (Wildman–Crippen LogP) is 3.41. The number of benzene rings is 1. The molecule has 0 spiro atoms. The maximum absolute atomic E-state index is 5.71. The molecule has 0 aliphatic rings. The molecule has 0 aliphatic heterocycles. The van der Waals surface area contributed by atoms with Gasteiger partial charge in [0.1, 0.15) is 0 Å². The number of rotatable bonds is 4. The van der Waals surface area contributed by atoms with E-state index < -0.39 is 0 Å². The van der Waals surface area contributed by atoms with Gasteiger partial charge in [-0.05, 0) is 25.0 Å². The Hall–Kier alpha value is -1.19. The van der Waals surface area contributed by atoms with Gasteiger partial charge in [-0.2, -0.15) is 0 Å². The van der Waals surface area contributed by atoms with Gasteiger partial charge in [0.15, 0.2) is 0 Å². The lowest BCUT2D eigenvalue weighted by Crippen LogP contribution is -2.08. The van der Waals surface area contributed by atoms with Crippen LogP contribution in [0.2, 0.25) is 0 Å². The lowest BCUT2D eigenvalue weighted by atomic mass is 10.0. The van der Waals surface area contributed by atoms with Crippen LogP contribution in [0.3, 0.4) is 0 Å². The summed E-state index contributed by atoms with van der Waals surface area (Å²) < 4.78 is 0. The summed E-state index contributed by atoms with van der Waals surface area (Å²) >= 11 is 1.80. The topological polar surface area (TPSA) is 38.9 Å². The number of aromatic nitrogens is 1. The first-order valence-corrected chi connectivity index (χ1v) is 7.14. The Balaban J connectivity index is 2.25. The van der Waals surface area contributed by atoms with Crippen LogP contribution in [0.1, 0.15) is 39.5 Å². The van der Waals surface area contributed by atoms with Crippen molar-refractivity contribution < 1.29 is 0 Å². The highest BCUT2D eigenvalue weighted by Crippen LogP contribution is 2.27. The largest absolute Gasteiger partial charge is 0.330 e. The van der Waals surface area contributed by atoms with Gasteiger partial charge in [0.2, 0.25) is 0 Å². The van der Waals surface area contributed by atoms with E-state index in [0.717, 1.165) is 12.1 Å². The predicted molar refractivity (Wildman–Crippen MR) is 78.3 cm³/mol. The van der Waals surface area contributed by atoms with Crippen LogP contribution in [0.15, 0.2) is 24.3 Å². The summed E-state index contributed by atoms with van der Waals surface area (Å²) in [5.41, 5.74) is 9.59. The van der Waals surface area contributed by atoms with Crippen LogP contribution in [-0.2, 0) is 6.42 Å². The molecule has 0 amide bonds. The molecule has 3 heteroatoms. The first-order chi connectivity index (χ1) is 8.61. The molecule has 18 heavy (non-hydrogen) atoms. The first-order valence-electron chi connectivity index (χ1n) is 6.32. The maximum Gasteiger partial charge on any atom is 0.0971 e. The first kappa shape index (κ1) is 13.2. The number of nitrogens with two attached hydrogens (primary N) is 1. The molecular weight excluding hydrogens is 240 g/mol. The highest BCUT2D eigenvalue weighted by Gasteiger charge is 2.13. The van der Waals surface area contributed by atoms with E-state index in [1.807, 2.05) is 0 Å². The van der Waals surface area contributed by atoms with Gasteiger partial charge < -0.3 is 5.73 Å². The monoisotopic (exact) mass is 260 g/mol. The quantitative estimate of drug-likeness (QED) is 0.915. The zero-order chi connectivity index (χ0) is 13.1. The summed E-state index contributed by atoms with van der Waals surface area (Å²) in [7, 11) is 0. The van der Waals surface area contributed by atoms with Crippen LogP contribution in [-0.4, -0.2) is 11.5 Å².